The van der Waals surface area contributed by atoms with Crippen molar-refractivity contribution in [2.24, 2.45) is 0 Å². The van der Waals surface area contributed by atoms with Gasteiger partial charge in [0.15, 0.2) is 0 Å². The summed E-state index contributed by atoms with van der Waals surface area (Å²) in [6.45, 7) is 6.67. The molecule has 3 nitrogen and oxygen atoms in total. The van der Waals surface area contributed by atoms with E-state index in [9.17, 15) is 5.11 Å². The topological polar surface area (TPSA) is 35.5 Å². The van der Waals surface area contributed by atoms with E-state index in [1.54, 1.807) is 0 Å². The first kappa shape index (κ1) is 16.4. The Balaban J connectivity index is 0.00000180. The Hall–Kier alpha value is -0.610. The van der Waals surface area contributed by atoms with Crippen molar-refractivity contribution in [2.75, 3.05) is 32.8 Å². The number of hydrogen-bond donors (Lipinski definition) is 2. The molecule has 0 unspecified atom stereocenters. The molecule has 1 aliphatic heterocycles. The lowest BCUT2D eigenvalue weighted by atomic mass is 9.99. The predicted molar refractivity (Wildman–Crippen MR) is 82.0 cm³/mol. The molecule has 0 radical (unpaired) electrons. The minimum atomic E-state index is 0. The van der Waals surface area contributed by atoms with Crippen LogP contribution in [0.5, 0.6) is 0 Å². The third-order valence-corrected chi connectivity index (χ3v) is 3.77. The Morgan fingerprint density at radius 2 is 1.84 bits per heavy atom. The van der Waals surface area contributed by atoms with Crippen molar-refractivity contribution in [2.45, 2.75) is 25.8 Å². The molecule has 0 saturated carbocycles. The van der Waals surface area contributed by atoms with Gasteiger partial charge in [-0.1, -0.05) is 31.2 Å². The van der Waals surface area contributed by atoms with Crippen molar-refractivity contribution in [1.82, 2.24) is 10.2 Å². The molecule has 0 aromatic heterocycles. The number of nitrogens with zero attached hydrogens (tertiary/aromatic N) is 1. The second-order valence-corrected chi connectivity index (χ2v) is 4.91. The van der Waals surface area contributed by atoms with Gasteiger partial charge in [0.1, 0.15) is 0 Å². The van der Waals surface area contributed by atoms with Crippen LogP contribution in [-0.2, 0) is 6.42 Å². The van der Waals surface area contributed by atoms with E-state index >= 15 is 0 Å². The Morgan fingerprint density at radius 3 is 2.37 bits per heavy atom. The molecule has 2 rings (SSSR count). The first-order valence-electron chi connectivity index (χ1n) is 6.99. The fourth-order valence-electron chi connectivity index (χ4n) is 2.65. The number of halogens is 1. The van der Waals surface area contributed by atoms with E-state index in [1.807, 2.05) is 0 Å². The maximum Gasteiger partial charge on any atom is 0.0449 e. The maximum absolute atomic E-state index is 9.29. The number of benzene rings is 1. The van der Waals surface area contributed by atoms with E-state index in [4.69, 9.17) is 0 Å². The molecule has 1 heterocycles. The number of hydrogen-bond acceptors (Lipinski definition) is 3. The summed E-state index contributed by atoms with van der Waals surface area (Å²) < 4.78 is 0. The van der Waals surface area contributed by atoms with E-state index in [0.29, 0.717) is 6.04 Å². The van der Waals surface area contributed by atoms with Crippen LogP contribution in [0.2, 0.25) is 0 Å². The van der Waals surface area contributed by atoms with E-state index < -0.39 is 0 Å². The van der Waals surface area contributed by atoms with Gasteiger partial charge in [-0.2, -0.15) is 0 Å². The van der Waals surface area contributed by atoms with Crippen LogP contribution in [0.25, 0.3) is 0 Å². The lowest BCUT2D eigenvalue weighted by molar-refractivity contribution is 0.141. The van der Waals surface area contributed by atoms with Gasteiger partial charge >= 0.3 is 0 Å². The van der Waals surface area contributed by atoms with Crippen LogP contribution in [0, 0.1) is 0 Å². The number of rotatable bonds is 5. The number of nitrogens with one attached hydrogen (secondary N) is 1. The van der Waals surface area contributed by atoms with Gasteiger partial charge < -0.3 is 10.4 Å². The van der Waals surface area contributed by atoms with Crippen molar-refractivity contribution in [1.29, 1.82) is 0 Å². The van der Waals surface area contributed by atoms with Crippen molar-refractivity contribution in [3.8, 4) is 0 Å². The molecule has 19 heavy (non-hydrogen) atoms. The van der Waals surface area contributed by atoms with Crippen LogP contribution in [0.15, 0.2) is 24.3 Å². The van der Waals surface area contributed by atoms with Crippen molar-refractivity contribution >= 4 is 12.4 Å². The normalized spacial score (nSPS) is 17.8. The fraction of sp³-hybridized carbons (Fsp3) is 0.600. The SMILES string of the molecule is CCc1ccc([C@@H](CCO)N2CCNCC2)cc1.Cl. The molecule has 1 aliphatic rings. The highest BCUT2D eigenvalue weighted by atomic mass is 35.5. The standard InChI is InChI=1S/C15H24N2O.ClH/c1-2-13-3-5-14(6-4-13)15(7-12-18)17-10-8-16-9-11-17;/h3-6,15-16,18H,2,7-12H2,1H3;1H/t15-;/m1./s1. The molecule has 1 aromatic carbocycles. The van der Waals surface area contributed by atoms with Crippen molar-refractivity contribution in [3.63, 3.8) is 0 Å². The van der Waals surface area contributed by atoms with Crippen molar-refractivity contribution in [3.05, 3.63) is 35.4 Å². The quantitative estimate of drug-likeness (QED) is 0.868. The van der Waals surface area contributed by atoms with Gasteiger partial charge in [0.25, 0.3) is 0 Å². The molecule has 1 saturated heterocycles. The third kappa shape index (κ3) is 4.46. The summed E-state index contributed by atoms with van der Waals surface area (Å²) in [6, 6.07) is 9.23. The zero-order valence-electron chi connectivity index (χ0n) is 11.6. The number of aliphatic hydroxyl groups is 1. The molecule has 2 N–H and O–H groups in total. The maximum atomic E-state index is 9.29. The van der Waals surface area contributed by atoms with Gasteiger partial charge in [-0.05, 0) is 24.0 Å². The zero-order valence-corrected chi connectivity index (χ0v) is 12.5. The number of aryl methyl sites for hydroxylation is 1. The summed E-state index contributed by atoms with van der Waals surface area (Å²) in [5.41, 5.74) is 2.71. The molecule has 4 heteroatoms. The highest BCUT2D eigenvalue weighted by Crippen LogP contribution is 2.24. The summed E-state index contributed by atoms with van der Waals surface area (Å²) in [7, 11) is 0. The van der Waals surface area contributed by atoms with Crippen LogP contribution < -0.4 is 5.32 Å². The van der Waals surface area contributed by atoms with Gasteiger partial charge in [0, 0.05) is 38.8 Å². The summed E-state index contributed by atoms with van der Waals surface area (Å²) in [5, 5.41) is 12.7. The first-order chi connectivity index (χ1) is 8.85. The second-order valence-electron chi connectivity index (χ2n) is 4.91. The molecule has 0 bridgehead atoms. The largest absolute Gasteiger partial charge is 0.396 e. The van der Waals surface area contributed by atoms with E-state index in [-0.39, 0.29) is 19.0 Å². The van der Waals surface area contributed by atoms with Crippen molar-refractivity contribution < 1.29 is 5.11 Å². The summed E-state index contributed by atoms with van der Waals surface area (Å²) >= 11 is 0. The fourth-order valence-corrected chi connectivity index (χ4v) is 2.65. The molecular formula is C15H25ClN2O. The minimum absolute atomic E-state index is 0. The van der Waals surface area contributed by atoms with Crippen LogP contribution in [0.3, 0.4) is 0 Å². The summed E-state index contributed by atoms with van der Waals surface area (Å²) in [5.74, 6) is 0. The average Bonchev–Trinajstić information content (AvgIpc) is 2.46. The number of aliphatic hydroxyl groups excluding tert-OH is 1. The molecule has 1 atom stereocenters. The second kappa shape index (κ2) is 8.54. The first-order valence-corrected chi connectivity index (χ1v) is 6.99. The molecule has 1 fully saturated rings. The zero-order chi connectivity index (χ0) is 12.8. The molecule has 0 aliphatic carbocycles. The van der Waals surface area contributed by atoms with Gasteiger partial charge in [-0.3, -0.25) is 4.90 Å². The third-order valence-electron chi connectivity index (χ3n) is 3.77. The summed E-state index contributed by atoms with van der Waals surface area (Å²) in [4.78, 5) is 2.48. The Morgan fingerprint density at radius 1 is 1.21 bits per heavy atom. The van der Waals surface area contributed by atoms with E-state index in [2.05, 4.69) is 41.4 Å². The van der Waals surface area contributed by atoms with Crippen LogP contribution in [0.1, 0.15) is 30.5 Å². The summed E-state index contributed by atoms with van der Waals surface area (Å²) in [6.07, 6.45) is 1.91. The van der Waals surface area contributed by atoms with Gasteiger partial charge in [0.05, 0.1) is 0 Å². The molecule has 0 spiro atoms. The van der Waals surface area contributed by atoms with Gasteiger partial charge in [-0.25, -0.2) is 0 Å². The average molecular weight is 285 g/mol. The number of piperazine rings is 1. The molecule has 1 aromatic rings. The van der Waals surface area contributed by atoms with Crippen LogP contribution in [-0.4, -0.2) is 42.8 Å². The lowest BCUT2D eigenvalue weighted by Gasteiger charge is -2.35. The van der Waals surface area contributed by atoms with Gasteiger partial charge in [0.2, 0.25) is 0 Å². The Labute approximate surface area is 122 Å². The highest BCUT2D eigenvalue weighted by molar-refractivity contribution is 5.85. The molecule has 108 valence electrons. The van der Waals surface area contributed by atoms with Gasteiger partial charge in [-0.15, -0.1) is 12.4 Å². The Kier molecular flexibility index (Phi) is 7.39. The molecular weight excluding hydrogens is 260 g/mol. The Bertz CT molecular complexity index is 350. The van der Waals surface area contributed by atoms with E-state index in [1.165, 1.54) is 11.1 Å². The lowest BCUT2D eigenvalue weighted by Crippen LogP contribution is -2.45. The smallest absolute Gasteiger partial charge is 0.0449 e. The monoisotopic (exact) mass is 284 g/mol. The van der Waals surface area contributed by atoms with E-state index in [0.717, 1.165) is 39.0 Å². The minimum Gasteiger partial charge on any atom is -0.396 e. The highest BCUT2D eigenvalue weighted by Gasteiger charge is 2.21. The predicted octanol–water partition coefficient (Wildman–Crippen LogP) is 2.00. The van der Waals surface area contributed by atoms with Crippen LogP contribution >= 0.6 is 12.4 Å². The van der Waals surface area contributed by atoms with Crippen LogP contribution in [0.4, 0.5) is 0 Å². The molecule has 0 amide bonds.